The topological polar surface area (TPSA) is 32.3 Å². The molecule has 0 bridgehead atoms. The van der Waals surface area contributed by atoms with Crippen LogP contribution in [0.25, 0.3) is 0 Å². The van der Waals surface area contributed by atoms with Crippen LogP contribution in [0.2, 0.25) is 5.02 Å². The lowest BCUT2D eigenvalue weighted by molar-refractivity contribution is 0.171. The molecular weight excluding hydrogens is 210 g/mol. The van der Waals surface area contributed by atoms with Gasteiger partial charge in [-0.25, -0.2) is 0 Å². The van der Waals surface area contributed by atoms with Crippen LogP contribution >= 0.6 is 11.6 Å². The summed E-state index contributed by atoms with van der Waals surface area (Å²) in [7, 11) is 0. The number of aliphatic hydroxyl groups excluding tert-OH is 1. The van der Waals surface area contributed by atoms with E-state index < -0.39 is 0 Å². The second-order valence-corrected chi connectivity index (χ2v) is 4.60. The average Bonchev–Trinajstić information content (AvgIpc) is 3.02. The maximum atomic E-state index is 9.75. The molecule has 0 radical (unpaired) electrons. The summed E-state index contributed by atoms with van der Waals surface area (Å²) in [6.45, 7) is 0.688. The Kier molecular flexibility index (Phi) is 3.62. The van der Waals surface area contributed by atoms with Crippen LogP contribution in [0.3, 0.4) is 0 Å². The van der Waals surface area contributed by atoms with Crippen molar-refractivity contribution in [1.82, 2.24) is 5.32 Å². The summed E-state index contributed by atoms with van der Waals surface area (Å²) in [5.41, 5.74) is 1.13. The van der Waals surface area contributed by atoms with Gasteiger partial charge in [-0.2, -0.15) is 0 Å². The van der Waals surface area contributed by atoms with E-state index in [9.17, 15) is 5.11 Å². The number of halogens is 1. The fourth-order valence-corrected chi connectivity index (χ4v) is 1.68. The van der Waals surface area contributed by atoms with Crippen LogP contribution in [0.15, 0.2) is 24.3 Å². The molecule has 3 heteroatoms. The molecule has 1 atom stereocenters. The highest BCUT2D eigenvalue weighted by atomic mass is 35.5. The molecule has 1 aromatic rings. The number of aliphatic hydroxyl groups is 1. The monoisotopic (exact) mass is 225 g/mol. The highest BCUT2D eigenvalue weighted by Gasteiger charge is 2.21. The van der Waals surface area contributed by atoms with Crippen molar-refractivity contribution < 1.29 is 5.11 Å². The number of nitrogens with one attached hydrogen (secondary N) is 1. The zero-order valence-corrected chi connectivity index (χ0v) is 9.37. The first-order valence-corrected chi connectivity index (χ1v) is 5.78. The van der Waals surface area contributed by atoms with Crippen molar-refractivity contribution in [3.63, 3.8) is 0 Å². The first-order chi connectivity index (χ1) is 7.24. The molecule has 0 aromatic heterocycles. The van der Waals surface area contributed by atoms with E-state index in [1.807, 2.05) is 24.3 Å². The molecule has 1 fully saturated rings. The quantitative estimate of drug-likeness (QED) is 0.804. The molecule has 1 aliphatic carbocycles. The Morgan fingerprint density at radius 2 is 2.00 bits per heavy atom. The van der Waals surface area contributed by atoms with Gasteiger partial charge in [0.1, 0.15) is 0 Å². The van der Waals surface area contributed by atoms with E-state index in [4.69, 9.17) is 11.6 Å². The highest BCUT2D eigenvalue weighted by Crippen LogP contribution is 2.18. The maximum absolute atomic E-state index is 9.75. The Bertz CT molecular complexity index is 308. The molecule has 1 aliphatic rings. The molecule has 0 saturated heterocycles. The van der Waals surface area contributed by atoms with Gasteiger partial charge in [0.2, 0.25) is 0 Å². The van der Waals surface area contributed by atoms with Gasteiger partial charge in [-0.05, 0) is 37.0 Å². The molecule has 1 unspecified atom stereocenters. The minimum atomic E-state index is -0.299. The lowest BCUT2D eigenvalue weighted by atomic mass is 10.1. The van der Waals surface area contributed by atoms with Crippen LogP contribution in [0.1, 0.15) is 18.4 Å². The van der Waals surface area contributed by atoms with E-state index in [-0.39, 0.29) is 6.10 Å². The van der Waals surface area contributed by atoms with E-state index in [1.54, 1.807) is 0 Å². The molecule has 0 heterocycles. The van der Waals surface area contributed by atoms with Crippen LogP contribution in [-0.4, -0.2) is 23.8 Å². The highest BCUT2D eigenvalue weighted by molar-refractivity contribution is 6.30. The predicted octanol–water partition coefficient (Wildman–Crippen LogP) is 2.00. The van der Waals surface area contributed by atoms with Crippen LogP contribution in [0, 0.1) is 0 Å². The minimum Gasteiger partial charge on any atom is -0.391 e. The van der Waals surface area contributed by atoms with E-state index in [0.717, 1.165) is 10.6 Å². The number of rotatable bonds is 5. The molecule has 82 valence electrons. The van der Waals surface area contributed by atoms with Gasteiger partial charge < -0.3 is 10.4 Å². The molecule has 1 saturated carbocycles. The largest absolute Gasteiger partial charge is 0.391 e. The Morgan fingerprint density at radius 3 is 2.60 bits per heavy atom. The third-order valence-electron chi connectivity index (χ3n) is 2.60. The lowest BCUT2D eigenvalue weighted by Gasteiger charge is -2.11. The van der Waals surface area contributed by atoms with E-state index in [0.29, 0.717) is 19.0 Å². The van der Waals surface area contributed by atoms with Gasteiger partial charge in [-0.15, -0.1) is 0 Å². The van der Waals surface area contributed by atoms with Gasteiger partial charge in [-0.1, -0.05) is 23.7 Å². The predicted molar refractivity (Wildman–Crippen MR) is 62.2 cm³/mol. The van der Waals surface area contributed by atoms with Gasteiger partial charge in [-0.3, -0.25) is 0 Å². The van der Waals surface area contributed by atoms with Gasteiger partial charge in [0.15, 0.2) is 0 Å². The Hall–Kier alpha value is -0.570. The first kappa shape index (κ1) is 10.9. The minimum absolute atomic E-state index is 0.299. The lowest BCUT2D eigenvalue weighted by Crippen LogP contribution is -2.29. The SMILES string of the molecule is OC(CNC1CC1)Cc1ccc(Cl)cc1. The fraction of sp³-hybridized carbons (Fsp3) is 0.500. The van der Waals surface area contributed by atoms with Gasteiger partial charge >= 0.3 is 0 Å². The zero-order valence-electron chi connectivity index (χ0n) is 8.62. The van der Waals surface area contributed by atoms with Crippen molar-refractivity contribution in [2.45, 2.75) is 31.4 Å². The van der Waals surface area contributed by atoms with Gasteiger partial charge in [0, 0.05) is 17.6 Å². The average molecular weight is 226 g/mol. The molecular formula is C12H16ClNO. The second-order valence-electron chi connectivity index (χ2n) is 4.17. The standard InChI is InChI=1S/C12H16ClNO/c13-10-3-1-9(2-4-10)7-12(15)8-14-11-5-6-11/h1-4,11-12,14-15H,5-8H2. The Balaban J connectivity index is 1.76. The van der Waals surface area contributed by atoms with Crippen molar-refractivity contribution in [3.8, 4) is 0 Å². The molecule has 2 nitrogen and oxygen atoms in total. The molecule has 2 rings (SSSR count). The van der Waals surface area contributed by atoms with Crippen molar-refractivity contribution in [2.24, 2.45) is 0 Å². The molecule has 0 aliphatic heterocycles. The van der Waals surface area contributed by atoms with Gasteiger partial charge in [0.05, 0.1) is 6.10 Å². The maximum Gasteiger partial charge on any atom is 0.0704 e. The summed E-state index contributed by atoms with van der Waals surface area (Å²) in [4.78, 5) is 0. The summed E-state index contributed by atoms with van der Waals surface area (Å²) in [6, 6.07) is 8.30. The van der Waals surface area contributed by atoms with Gasteiger partial charge in [0.25, 0.3) is 0 Å². The summed E-state index contributed by atoms with van der Waals surface area (Å²) in [6.07, 6.45) is 2.91. The van der Waals surface area contributed by atoms with Crippen LogP contribution in [0.5, 0.6) is 0 Å². The molecule has 0 amide bonds. The summed E-state index contributed by atoms with van der Waals surface area (Å²) < 4.78 is 0. The van der Waals surface area contributed by atoms with Crippen LogP contribution in [-0.2, 0) is 6.42 Å². The normalized spacial score (nSPS) is 17.7. The summed E-state index contributed by atoms with van der Waals surface area (Å²) in [5, 5.41) is 13.8. The third kappa shape index (κ3) is 3.82. The van der Waals surface area contributed by atoms with E-state index in [2.05, 4.69) is 5.32 Å². The number of hydrogen-bond donors (Lipinski definition) is 2. The van der Waals surface area contributed by atoms with Crippen LogP contribution in [0.4, 0.5) is 0 Å². The van der Waals surface area contributed by atoms with Crippen molar-refractivity contribution in [2.75, 3.05) is 6.54 Å². The van der Waals surface area contributed by atoms with Crippen molar-refractivity contribution in [3.05, 3.63) is 34.9 Å². The second kappa shape index (κ2) is 4.97. The summed E-state index contributed by atoms with van der Waals surface area (Å²) >= 11 is 5.78. The molecule has 15 heavy (non-hydrogen) atoms. The Morgan fingerprint density at radius 1 is 1.33 bits per heavy atom. The first-order valence-electron chi connectivity index (χ1n) is 5.40. The van der Waals surface area contributed by atoms with E-state index in [1.165, 1.54) is 12.8 Å². The number of benzene rings is 1. The van der Waals surface area contributed by atoms with Crippen molar-refractivity contribution in [1.29, 1.82) is 0 Å². The zero-order chi connectivity index (χ0) is 10.7. The van der Waals surface area contributed by atoms with E-state index >= 15 is 0 Å². The Labute approximate surface area is 95.3 Å². The third-order valence-corrected chi connectivity index (χ3v) is 2.86. The molecule has 1 aromatic carbocycles. The molecule has 0 spiro atoms. The summed E-state index contributed by atoms with van der Waals surface area (Å²) in [5.74, 6) is 0. The number of hydrogen-bond acceptors (Lipinski definition) is 2. The van der Waals surface area contributed by atoms with Crippen LogP contribution < -0.4 is 5.32 Å². The molecule has 2 N–H and O–H groups in total. The van der Waals surface area contributed by atoms with Crippen molar-refractivity contribution >= 4 is 11.6 Å². The smallest absolute Gasteiger partial charge is 0.0704 e. The fourth-order valence-electron chi connectivity index (χ4n) is 1.55.